The number of nitrogens with zero attached hydrogens (tertiary/aromatic N) is 3. The van der Waals surface area contributed by atoms with E-state index in [1.165, 1.54) is 11.9 Å². The Labute approximate surface area is 175 Å². The summed E-state index contributed by atoms with van der Waals surface area (Å²) in [6.07, 6.45) is 5.73. The summed E-state index contributed by atoms with van der Waals surface area (Å²) < 4.78 is 5.26. The Balaban J connectivity index is 1.48. The van der Waals surface area contributed by atoms with Gasteiger partial charge in [-0.25, -0.2) is 14.8 Å². The number of ether oxygens (including phenoxy) is 1. The minimum absolute atomic E-state index is 0.279. The average Bonchev–Trinajstić information content (AvgIpc) is 2.79. The summed E-state index contributed by atoms with van der Waals surface area (Å²) in [6, 6.07) is 21.6. The molecule has 2 aromatic carbocycles. The smallest absolute Gasteiger partial charge is 0.407 e. The lowest BCUT2D eigenvalue weighted by molar-refractivity contribution is 0.147. The highest BCUT2D eigenvalue weighted by Gasteiger charge is 2.04. The van der Waals surface area contributed by atoms with Gasteiger partial charge in [-0.2, -0.15) is 5.26 Å². The molecular weight excluding hydrogens is 376 g/mol. The summed E-state index contributed by atoms with van der Waals surface area (Å²) in [5.74, 6) is 0. The van der Waals surface area contributed by atoms with Crippen molar-refractivity contribution in [3.05, 3.63) is 95.6 Å². The summed E-state index contributed by atoms with van der Waals surface area (Å²) in [5, 5.41) is 12.2. The Kier molecular flexibility index (Phi) is 7.69. The fourth-order valence-corrected chi connectivity index (χ4v) is 2.88. The molecule has 3 aromatic rings. The second kappa shape index (κ2) is 11.1. The third kappa shape index (κ3) is 6.57. The number of amides is 1. The molecule has 1 aromatic heterocycles. The molecule has 150 valence electrons. The zero-order chi connectivity index (χ0) is 21.0. The molecule has 0 spiro atoms. The maximum Gasteiger partial charge on any atom is 0.407 e. The molecule has 0 saturated heterocycles. The summed E-state index contributed by atoms with van der Waals surface area (Å²) in [4.78, 5) is 19.8. The number of allylic oxidation sites excluding steroid dienone is 1. The van der Waals surface area contributed by atoms with Crippen molar-refractivity contribution in [3.8, 4) is 6.07 Å². The standard InChI is InChI=1S/C24H22N4O2/c25-17-22(23-10-12-26-18-28-23)16-21-8-4-7-20(15-21)11-14-30-24(29)27-13-9-19-5-2-1-3-6-19/h1-8,10,12,15-16,18H,9,11,13-14H2,(H,27,29). The first-order valence-corrected chi connectivity index (χ1v) is 9.66. The van der Waals surface area contributed by atoms with E-state index in [0.29, 0.717) is 24.2 Å². The lowest BCUT2D eigenvalue weighted by Gasteiger charge is -2.08. The number of alkyl carbamates (subject to hydrolysis) is 1. The van der Waals surface area contributed by atoms with Crippen LogP contribution < -0.4 is 5.32 Å². The molecule has 1 N–H and O–H groups in total. The van der Waals surface area contributed by atoms with Crippen LogP contribution in [0.1, 0.15) is 22.4 Å². The first-order chi connectivity index (χ1) is 14.7. The summed E-state index contributed by atoms with van der Waals surface area (Å²) in [7, 11) is 0. The molecule has 1 amide bonds. The van der Waals surface area contributed by atoms with Crippen molar-refractivity contribution in [2.45, 2.75) is 12.8 Å². The normalized spacial score (nSPS) is 10.8. The molecule has 0 bridgehead atoms. The van der Waals surface area contributed by atoms with Crippen molar-refractivity contribution in [2.24, 2.45) is 0 Å². The highest BCUT2D eigenvalue weighted by Crippen LogP contribution is 2.16. The Bertz CT molecular complexity index is 1030. The molecule has 3 rings (SSSR count). The van der Waals surface area contributed by atoms with Crippen molar-refractivity contribution < 1.29 is 9.53 Å². The number of hydrogen-bond acceptors (Lipinski definition) is 5. The zero-order valence-electron chi connectivity index (χ0n) is 16.5. The minimum atomic E-state index is -0.419. The molecule has 0 unspecified atom stereocenters. The van der Waals surface area contributed by atoms with E-state index in [2.05, 4.69) is 21.4 Å². The summed E-state index contributed by atoms with van der Waals surface area (Å²) in [5.41, 5.74) is 4.11. The third-order valence-corrected chi connectivity index (χ3v) is 4.39. The molecule has 0 aliphatic rings. The van der Waals surface area contributed by atoms with E-state index < -0.39 is 6.09 Å². The molecule has 6 nitrogen and oxygen atoms in total. The quantitative estimate of drug-likeness (QED) is 0.578. The fourth-order valence-electron chi connectivity index (χ4n) is 2.88. The minimum Gasteiger partial charge on any atom is -0.449 e. The van der Waals surface area contributed by atoms with Gasteiger partial charge >= 0.3 is 6.09 Å². The Hall–Kier alpha value is -3.98. The van der Waals surface area contributed by atoms with Gasteiger partial charge in [-0.3, -0.25) is 0 Å². The van der Waals surface area contributed by atoms with Crippen LogP contribution in [0.5, 0.6) is 0 Å². The van der Waals surface area contributed by atoms with Gasteiger partial charge < -0.3 is 10.1 Å². The van der Waals surface area contributed by atoms with Crippen LogP contribution in [0.4, 0.5) is 4.79 Å². The van der Waals surface area contributed by atoms with Gasteiger partial charge in [-0.05, 0) is 35.3 Å². The van der Waals surface area contributed by atoms with Crippen LogP contribution in [-0.2, 0) is 17.6 Å². The maximum atomic E-state index is 11.8. The molecule has 30 heavy (non-hydrogen) atoms. The van der Waals surface area contributed by atoms with Gasteiger partial charge in [-0.15, -0.1) is 0 Å². The maximum absolute atomic E-state index is 11.8. The molecule has 0 saturated carbocycles. The number of nitrogens with one attached hydrogen (secondary N) is 1. The topological polar surface area (TPSA) is 87.9 Å². The van der Waals surface area contributed by atoms with Crippen molar-refractivity contribution in [1.29, 1.82) is 5.26 Å². The van der Waals surface area contributed by atoms with Gasteiger partial charge in [0, 0.05) is 19.2 Å². The SMILES string of the molecule is N#CC(=Cc1cccc(CCOC(=O)NCCc2ccccc2)c1)c1ccncn1. The monoisotopic (exact) mass is 398 g/mol. The Morgan fingerprint density at radius 2 is 1.90 bits per heavy atom. The molecule has 0 atom stereocenters. The van der Waals surface area contributed by atoms with Gasteiger partial charge in [0.25, 0.3) is 0 Å². The number of hydrogen-bond donors (Lipinski definition) is 1. The van der Waals surface area contributed by atoms with Crippen LogP contribution in [0, 0.1) is 11.3 Å². The zero-order valence-corrected chi connectivity index (χ0v) is 16.5. The average molecular weight is 398 g/mol. The Morgan fingerprint density at radius 3 is 2.67 bits per heavy atom. The Morgan fingerprint density at radius 1 is 1.07 bits per heavy atom. The molecule has 0 aliphatic carbocycles. The largest absolute Gasteiger partial charge is 0.449 e. The van der Waals surface area contributed by atoms with Crippen molar-refractivity contribution in [3.63, 3.8) is 0 Å². The van der Waals surface area contributed by atoms with E-state index in [1.54, 1.807) is 18.3 Å². The predicted molar refractivity (Wildman–Crippen MR) is 115 cm³/mol. The van der Waals surface area contributed by atoms with E-state index in [0.717, 1.165) is 17.5 Å². The second-order valence-electron chi connectivity index (χ2n) is 6.56. The van der Waals surface area contributed by atoms with E-state index in [9.17, 15) is 10.1 Å². The van der Waals surface area contributed by atoms with Crippen molar-refractivity contribution >= 4 is 17.7 Å². The van der Waals surface area contributed by atoms with Gasteiger partial charge in [0.05, 0.1) is 17.9 Å². The molecule has 0 aliphatic heterocycles. The number of rotatable bonds is 8. The van der Waals surface area contributed by atoms with Crippen LogP contribution in [0.15, 0.2) is 73.2 Å². The lowest BCUT2D eigenvalue weighted by Crippen LogP contribution is -2.27. The lowest BCUT2D eigenvalue weighted by atomic mass is 10.0. The molecule has 0 fully saturated rings. The summed E-state index contributed by atoms with van der Waals surface area (Å²) in [6.45, 7) is 0.810. The number of carbonyl (C=O) groups is 1. The first-order valence-electron chi connectivity index (χ1n) is 9.66. The molecule has 1 heterocycles. The van der Waals surface area contributed by atoms with Crippen molar-refractivity contribution in [1.82, 2.24) is 15.3 Å². The summed E-state index contributed by atoms with van der Waals surface area (Å²) >= 11 is 0. The first kappa shape index (κ1) is 20.7. The molecule has 6 heteroatoms. The highest BCUT2D eigenvalue weighted by atomic mass is 16.5. The van der Waals surface area contributed by atoms with E-state index in [1.807, 2.05) is 54.6 Å². The van der Waals surface area contributed by atoms with Gasteiger partial charge in [0.1, 0.15) is 12.4 Å². The second-order valence-corrected chi connectivity index (χ2v) is 6.56. The molecular formula is C24H22N4O2. The van der Waals surface area contributed by atoms with E-state index in [4.69, 9.17) is 4.74 Å². The number of nitriles is 1. The van der Waals surface area contributed by atoms with Crippen LogP contribution in [0.2, 0.25) is 0 Å². The van der Waals surface area contributed by atoms with E-state index in [-0.39, 0.29) is 6.61 Å². The van der Waals surface area contributed by atoms with Crippen LogP contribution in [-0.4, -0.2) is 29.2 Å². The van der Waals surface area contributed by atoms with Crippen molar-refractivity contribution in [2.75, 3.05) is 13.2 Å². The van der Waals surface area contributed by atoms with Crippen LogP contribution in [0.3, 0.4) is 0 Å². The van der Waals surface area contributed by atoms with Gasteiger partial charge in [0.15, 0.2) is 0 Å². The third-order valence-electron chi connectivity index (χ3n) is 4.39. The van der Waals surface area contributed by atoms with E-state index >= 15 is 0 Å². The molecule has 0 radical (unpaired) electrons. The van der Waals surface area contributed by atoms with Crippen LogP contribution >= 0.6 is 0 Å². The van der Waals surface area contributed by atoms with Gasteiger partial charge in [0.2, 0.25) is 0 Å². The van der Waals surface area contributed by atoms with Crippen LogP contribution in [0.25, 0.3) is 11.6 Å². The number of benzene rings is 2. The highest BCUT2D eigenvalue weighted by molar-refractivity contribution is 5.88. The predicted octanol–water partition coefficient (Wildman–Crippen LogP) is 4.05. The number of aromatic nitrogens is 2. The fraction of sp³-hybridized carbons (Fsp3) is 0.167. The number of carbonyl (C=O) groups excluding carboxylic acids is 1. The van der Waals surface area contributed by atoms with Gasteiger partial charge in [-0.1, -0.05) is 54.6 Å².